The van der Waals surface area contributed by atoms with Gasteiger partial charge < -0.3 is 5.32 Å². The topological polar surface area (TPSA) is 24.9 Å². The maximum atomic E-state index is 4.25. The van der Waals surface area contributed by atoms with Crippen LogP contribution < -0.4 is 5.32 Å². The summed E-state index contributed by atoms with van der Waals surface area (Å²) in [4.78, 5) is 5.68. The Labute approximate surface area is 89.8 Å². The second kappa shape index (κ2) is 4.41. The molecule has 2 unspecified atom stereocenters. The zero-order chi connectivity index (χ0) is 9.97. The van der Waals surface area contributed by atoms with Gasteiger partial charge in [0.2, 0.25) is 0 Å². The fraction of sp³-hybridized carbons (Fsp3) is 0.727. The molecule has 1 aromatic rings. The first-order valence-corrected chi connectivity index (χ1v) is 6.25. The average Bonchev–Trinajstić information content (AvgIpc) is 2.70. The number of nitrogens with zero attached hydrogens (tertiary/aromatic N) is 1. The van der Waals surface area contributed by atoms with E-state index in [1.54, 1.807) is 11.3 Å². The van der Waals surface area contributed by atoms with Crippen molar-refractivity contribution < 1.29 is 0 Å². The van der Waals surface area contributed by atoms with Crippen molar-refractivity contribution in [3.8, 4) is 0 Å². The number of rotatable bonds is 5. The molecule has 0 amide bonds. The molecule has 3 heteroatoms. The first-order valence-electron chi connectivity index (χ1n) is 5.37. The van der Waals surface area contributed by atoms with E-state index in [0.29, 0.717) is 0 Å². The molecule has 0 radical (unpaired) electrons. The molecular formula is C11H18N2S. The van der Waals surface area contributed by atoms with Crippen LogP contribution in [0.25, 0.3) is 0 Å². The molecule has 78 valence electrons. The lowest BCUT2D eigenvalue weighted by atomic mass is 10.3. The van der Waals surface area contributed by atoms with Crippen molar-refractivity contribution in [2.45, 2.75) is 26.7 Å². The third kappa shape index (κ3) is 2.55. The first-order chi connectivity index (χ1) is 6.77. The molecule has 0 spiro atoms. The second-order valence-electron chi connectivity index (χ2n) is 4.29. The van der Waals surface area contributed by atoms with E-state index in [4.69, 9.17) is 0 Å². The van der Waals surface area contributed by atoms with Gasteiger partial charge in [0.25, 0.3) is 0 Å². The van der Waals surface area contributed by atoms with Gasteiger partial charge in [-0.1, -0.05) is 6.92 Å². The molecule has 1 fully saturated rings. The molecule has 1 saturated carbocycles. The highest BCUT2D eigenvalue weighted by atomic mass is 32.1. The minimum absolute atomic E-state index is 0.956. The van der Waals surface area contributed by atoms with Crippen LogP contribution in [0, 0.1) is 18.8 Å². The fourth-order valence-corrected chi connectivity index (χ4v) is 2.52. The third-order valence-corrected chi connectivity index (χ3v) is 4.05. The van der Waals surface area contributed by atoms with Crippen molar-refractivity contribution >= 4 is 11.3 Å². The summed E-state index contributed by atoms with van der Waals surface area (Å²) >= 11 is 1.77. The van der Waals surface area contributed by atoms with Gasteiger partial charge in [-0.15, -0.1) is 11.3 Å². The molecule has 14 heavy (non-hydrogen) atoms. The zero-order valence-electron chi connectivity index (χ0n) is 8.92. The lowest BCUT2D eigenvalue weighted by Gasteiger charge is -2.02. The molecule has 0 saturated heterocycles. The van der Waals surface area contributed by atoms with Crippen LogP contribution in [0.4, 0.5) is 0 Å². The minimum atomic E-state index is 0.956. The second-order valence-corrected chi connectivity index (χ2v) is 5.23. The predicted molar refractivity (Wildman–Crippen MR) is 60.7 cm³/mol. The van der Waals surface area contributed by atoms with Gasteiger partial charge in [0, 0.05) is 11.4 Å². The summed E-state index contributed by atoms with van der Waals surface area (Å²) in [6.07, 6.45) is 2.56. The van der Waals surface area contributed by atoms with Crippen LogP contribution in [0.15, 0.2) is 5.51 Å². The van der Waals surface area contributed by atoms with Gasteiger partial charge >= 0.3 is 0 Å². The smallest absolute Gasteiger partial charge is 0.0797 e. The van der Waals surface area contributed by atoms with Gasteiger partial charge in [-0.05, 0) is 38.1 Å². The molecule has 1 heterocycles. The minimum Gasteiger partial charge on any atom is -0.316 e. The van der Waals surface area contributed by atoms with Gasteiger partial charge in [-0.2, -0.15) is 0 Å². The molecule has 0 aromatic carbocycles. The van der Waals surface area contributed by atoms with E-state index < -0.39 is 0 Å². The van der Waals surface area contributed by atoms with Gasteiger partial charge in [0.05, 0.1) is 11.2 Å². The molecular weight excluding hydrogens is 192 g/mol. The van der Waals surface area contributed by atoms with Crippen molar-refractivity contribution in [1.29, 1.82) is 0 Å². The normalized spacial score (nSPS) is 25.3. The van der Waals surface area contributed by atoms with Crippen molar-refractivity contribution in [2.75, 3.05) is 13.1 Å². The Balaban J connectivity index is 1.61. The number of hydrogen-bond donors (Lipinski definition) is 1. The molecule has 2 atom stereocenters. The molecule has 0 aliphatic heterocycles. The van der Waals surface area contributed by atoms with Gasteiger partial charge in [0.1, 0.15) is 0 Å². The van der Waals surface area contributed by atoms with E-state index in [2.05, 4.69) is 24.1 Å². The average molecular weight is 210 g/mol. The summed E-state index contributed by atoms with van der Waals surface area (Å²) in [5, 5.41) is 3.52. The van der Waals surface area contributed by atoms with E-state index in [-0.39, 0.29) is 0 Å². The molecule has 2 rings (SSSR count). The van der Waals surface area contributed by atoms with Gasteiger partial charge in [0.15, 0.2) is 0 Å². The number of aromatic nitrogens is 1. The van der Waals surface area contributed by atoms with Crippen molar-refractivity contribution in [1.82, 2.24) is 10.3 Å². The maximum absolute atomic E-state index is 4.25. The number of thiazole rings is 1. The molecule has 1 N–H and O–H groups in total. The highest BCUT2D eigenvalue weighted by Gasteiger charge is 2.31. The van der Waals surface area contributed by atoms with Crippen LogP contribution in [-0.2, 0) is 6.42 Å². The van der Waals surface area contributed by atoms with Crippen molar-refractivity contribution in [3.05, 3.63) is 16.1 Å². The van der Waals surface area contributed by atoms with Crippen LogP contribution in [0.3, 0.4) is 0 Å². The SMILES string of the molecule is Cc1ncsc1CCNCC1CC1C. The van der Waals surface area contributed by atoms with Crippen LogP contribution >= 0.6 is 11.3 Å². The monoisotopic (exact) mass is 210 g/mol. The van der Waals surface area contributed by atoms with E-state index in [1.807, 2.05) is 5.51 Å². The first kappa shape index (κ1) is 10.1. The quantitative estimate of drug-likeness (QED) is 0.754. The van der Waals surface area contributed by atoms with Crippen molar-refractivity contribution in [2.24, 2.45) is 11.8 Å². The maximum Gasteiger partial charge on any atom is 0.0797 e. The Bertz CT molecular complexity index is 295. The number of nitrogens with one attached hydrogen (secondary N) is 1. The van der Waals surface area contributed by atoms with Crippen LogP contribution in [0.5, 0.6) is 0 Å². The fourth-order valence-electron chi connectivity index (χ4n) is 1.74. The number of aryl methyl sites for hydroxylation is 1. The Morgan fingerprint density at radius 1 is 1.64 bits per heavy atom. The lowest BCUT2D eigenvalue weighted by Crippen LogP contribution is -2.20. The summed E-state index contributed by atoms with van der Waals surface area (Å²) in [5.41, 5.74) is 3.14. The molecule has 0 bridgehead atoms. The van der Waals surface area contributed by atoms with Gasteiger partial charge in [-0.3, -0.25) is 0 Å². The standard InChI is InChI=1S/C11H18N2S/c1-8-5-10(8)6-12-4-3-11-9(2)13-7-14-11/h7-8,10,12H,3-6H2,1-2H3. The Morgan fingerprint density at radius 3 is 3.00 bits per heavy atom. The Kier molecular flexibility index (Phi) is 3.19. The summed E-state index contributed by atoms with van der Waals surface area (Å²) < 4.78 is 0. The van der Waals surface area contributed by atoms with E-state index in [0.717, 1.165) is 24.8 Å². The highest BCUT2D eigenvalue weighted by Crippen LogP contribution is 2.36. The molecule has 1 aliphatic rings. The van der Waals surface area contributed by atoms with Crippen molar-refractivity contribution in [3.63, 3.8) is 0 Å². The van der Waals surface area contributed by atoms with Crippen LogP contribution in [0.2, 0.25) is 0 Å². The van der Waals surface area contributed by atoms with E-state index >= 15 is 0 Å². The zero-order valence-corrected chi connectivity index (χ0v) is 9.73. The largest absolute Gasteiger partial charge is 0.316 e. The Morgan fingerprint density at radius 2 is 2.43 bits per heavy atom. The lowest BCUT2D eigenvalue weighted by molar-refractivity contribution is 0.613. The molecule has 1 aliphatic carbocycles. The summed E-state index contributed by atoms with van der Waals surface area (Å²) in [7, 11) is 0. The highest BCUT2D eigenvalue weighted by molar-refractivity contribution is 7.09. The van der Waals surface area contributed by atoms with E-state index in [1.165, 1.54) is 23.5 Å². The Hall–Kier alpha value is -0.410. The van der Waals surface area contributed by atoms with Gasteiger partial charge in [-0.25, -0.2) is 4.98 Å². The summed E-state index contributed by atoms with van der Waals surface area (Å²) in [5.74, 6) is 1.92. The van der Waals surface area contributed by atoms with Crippen LogP contribution in [-0.4, -0.2) is 18.1 Å². The van der Waals surface area contributed by atoms with E-state index in [9.17, 15) is 0 Å². The summed E-state index contributed by atoms with van der Waals surface area (Å²) in [6.45, 7) is 6.74. The predicted octanol–water partition coefficient (Wildman–Crippen LogP) is 2.24. The third-order valence-electron chi connectivity index (χ3n) is 3.06. The van der Waals surface area contributed by atoms with Crippen LogP contribution in [0.1, 0.15) is 23.9 Å². The molecule has 1 aromatic heterocycles. The summed E-state index contributed by atoms with van der Waals surface area (Å²) in [6, 6.07) is 0. The molecule has 2 nitrogen and oxygen atoms in total. The number of hydrogen-bond acceptors (Lipinski definition) is 3.